The Morgan fingerprint density at radius 2 is 2.33 bits per heavy atom. The van der Waals surface area contributed by atoms with Gasteiger partial charge in [0.1, 0.15) is 0 Å². The van der Waals surface area contributed by atoms with Crippen LogP contribution in [0.3, 0.4) is 0 Å². The predicted molar refractivity (Wildman–Crippen MR) is 62.0 cm³/mol. The predicted octanol–water partition coefficient (Wildman–Crippen LogP) is 1.84. The van der Waals surface area contributed by atoms with Crippen LogP contribution in [0.25, 0.3) is 0 Å². The van der Waals surface area contributed by atoms with Crippen LogP contribution >= 0.6 is 11.3 Å². The Balaban J connectivity index is 1.84. The van der Waals surface area contributed by atoms with Gasteiger partial charge in [0.05, 0.1) is 17.3 Å². The van der Waals surface area contributed by atoms with Gasteiger partial charge in [-0.05, 0) is 19.8 Å². The van der Waals surface area contributed by atoms with Crippen molar-refractivity contribution in [2.24, 2.45) is 0 Å². The normalized spacial score (nSPS) is 26.8. The second kappa shape index (κ2) is 5.05. The zero-order valence-electron chi connectivity index (χ0n) is 9.07. The quantitative estimate of drug-likeness (QED) is 0.826. The minimum Gasteiger partial charge on any atom is -0.392 e. The monoisotopic (exact) mass is 226 g/mol. The molecule has 3 nitrogen and oxygen atoms in total. The largest absolute Gasteiger partial charge is 0.392 e. The number of hydrogen-bond donors (Lipinski definition) is 2. The maximum atomic E-state index is 9.79. The van der Waals surface area contributed by atoms with Crippen LogP contribution in [0, 0.1) is 6.92 Å². The first-order valence-corrected chi connectivity index (χ1v) is 6.46. The lowest BCUT2D eigenvalue weighted by atomic mass is 9.92. The highest BCUT2D eigenvalue weighted by molar-refractivity contribution is 7.09. The van der Waals surface area contributed by atoms with Crippen LogP contribution in [0.1, 0.15) is 36.3 Å². The first-order chi connectivity index (χ1) is 7.27. The van der Waals surface area contributed by atoms with Crippen molar-refractivity contribution in [1.82, 2.24) is 10.3 Å². The summed E-state index contributed by atoms with van der Waals surface area (Å²) in [5.41, 5.74) is 2.99. The smallest absolute Gasteiger partial charge is 0.0798 e. The maximum Gasteiger partial charge on any atom is 0.0798 e. The van der Waals surface area contributed by atoms with Gasteiger partial charge in [0.15, 0.2) is 0 Å². The molecule has 0 spiro atoms. The van der Waals surface area contributed by atoms with Crippen LogP contribution in [-0.4, -0.2) is 22.2 Å². The number of aliphatic hydroxyl groups is 1. The van der Waals surface area contributed by atoms with Gasteiger partial charge in [-0.15, -0.1) is 11.3 Å². The highest BCUT2D eigenvalue weighted by Crippen LogP contribution is 2.19. The summed E-state index contributed by atoms with van der Waals surface area (Å²) in [5, 5.41) is 13.2. The molecule has 0 unspecified atom stereocenters. The van der Waals surface area contributed by atoms with Crippen LogP contribution in [-0.2, 0) is 6.54 Å². The van der Waals surface area contributed by atoms with Crippen LogP contribution in [0.2, 0.25) is 0 Å². The summed E-state index contributed by atoms with van der Waals surface area (Å²) < 4.78 is 0. The third-order valence-electron chi connectivity index (χ3n) is 3.10. The van der Waals surface area contributed by atoms with Gasteiger partial charge in [0, 0.05) is 17.5 Å². The number of nitrogens with zero attached hydrogens (tertiary/aromatic N) is 1. The first-order valence-electron chi connectivity index (χ1n) is 5.58. The van der Waals surface area contributed by atoms with Crippen molar-refractivity contribution in [2.45, 2.75) is 51.3 Å². The van der Waals surface area contributed by atoms with Crippen molar-refractivity contribution in [3.63, 3.8) is 0 Å². The molecular weight excluding hydrogens is 208 g/mol. The van der Waals surface area contributed by atoms with E-state index in [9.17, 15) is 5.11 Å². The second-order valence-electron chi connectivity index (χ2n) is 4.20. The Morgan fingerprint density at radius 1 is 1.53 bits per heavy atom. The van der Waals surface area contributed by atoms with E-state index in [1.165, 1.54) is 17.7 Å². The van der Waals surface area contributed by atoms with E-state index in [-0.39, 0.29) is 12.1 Å². The molecule has 0 saturated heterocycles. The Labute approximate surface area is 94.5 Å². The molecule has 84 valence electrons. The molecule has 2 atom stereocenters. The number of hydrogen-bond acceptors (Lipinski definition) is 4. The summed E-state index contributed by atoms with van der Waals surface area (Å²) in [6, 6.07) is 0.278. The lowest BCUT2D eigenvalue weighted by Gasteiger charge is -2.28. The molecule has 0 bridgehead atoms. The number of aromatic nitrogens is 1. The number of aliphatic hydroxyl groups excluding tert-OH is 1. The van der Waals surface area contributed by atoms with E-state index in [4.69, 9.17) is 0 Å². The number of aryl methyl sites for hydroxylation is 1. The molecule has 1 aliphatic carbocycles. The van der Waals surface area contributed by atoms with Crippen LogP contribution in [0.4, 0.5) is 0 Å². The molecule has 4 heteroatoms. The Bertz CT molecular complexity index is 313. The van der Waals surface area contributed by atoms with Gasteiger partial charge in [0.25, 0.3) is 0 Å². The molecule has 0 aliphatic heterocycles. The van der Waals surface area contributed by atoms with Gasteiger partial charge in [-0.2, -0.15) is 0 Å². The van der Waals surface area contributed by atoms with E-state index < -0.39 is 0 Å². The summed E-state index contributed by atoms with van der Waals surface area (Å²) in [4.78, 5) is 5.50. The fraction of sp³-hybridized carbons (Fsp3) is 0.727. The Kier molecular flexibility index (Phi) is 3.72. The molecular formula is C11H18N2OS. The molecule has 1 saturated carbocycles. The SMILES string of the molecule is Cc1ncsc1CN[C@@H]1CCCC[C@H]1O. The first kappa shape index (κ1) is 11.0. The third kappa shape index (κ3) is 2.77. The van der Waals surface area contributed by atoms with Crippen molar-refractivity contribution < 1.29 is 5.11 Å². The van der Waals surface area contributed by atoms with Gasteiger partial charge in [0.2, 0.25) is 0 Å². The summed E-state index contributed by atoms with van der Waals surface area (Å²) in [6.45, 7) is 2.88. The molecule has 0 aromatic carbocycles. The van der Waals surface area contributed by atoms with Crippen molar-refractivity contribution in [3.8, 4) is 0 Å². The highest BCUT2D eigenvalue weighted by atomic mass is 32.1. The molecule has 0 radical (unpaired) electrons. The van der Waals surface area contributed by atoms with E-state index >= 15 is 0 Å². The van der Waals surface area contributed by atoms with Crippen molar-refractivity contribution in [2.75, 3.05) is 0 Å². The molecule has 1 aromatic heterocycles. The highest BCUT2D eigenvalue weighted by Gasteiger charge is 2.22. The molecule has 1 aromatic rings. The third-order valence-corrected chi connectivity index (χ3v) is 4.03. The van der Waals surface area contributed by atoms with Crippen LogP contribution in [0.5, 0.6) is 0 Å². The fourth-order valence-corrected chi connectivity index (χ4v) is 2.80. The van der Waals surface area contributed by atoms with Gasteiger partial charge in [-0.1, -0.05) is 12.8 Å². The van der Waals surface area contributed by atoms with Gasteiger partial charge >= 0.3 is 0 Å². The van der Waals surface area contributed by atoms with Gasteiger partial charge in [-0.3, -0.25) is 0 Å². The summed E-state index contributed by atoms with van der Waals surface area (Å²) >= 11 is 1.68. The summed E-state index contributed by atoms with van der Waals surface area (Å²) in [6.07, 6.45) is 4.28. The van der Waals surface area contributed by atoms with Gasteiger partial charge in [-0.25, -0.2) is 4.98 Å². The minimum atomic E-state index is -0.160. The van der Waals surface area contributed by atoms with E-state index in [1.54, 1.807) is 11.3 Å². The average molecular weight is 226 g/mol. The van der Waals surface area contributed by atoms with E-state index in [0.29, 0.717) is 0 Å². The Hall–Kier alpha value is -0.450. The molecule has 15 heavy (non-hydrogen) atoms. The van der Waals surface area contributed by atoms with E-state index in [0.717, 1.165) is 25.1 Å². The molecule has 1 fully saturated rings. The average Bonchev–Trinajstić information content (AvgIpc) is 2.63. The van der Waals surface area contributed by atoms with Crippen molar-refractivity contribution in [1.29, 1.82) is 0 Å². The molecule has 1 aliphatic rings. The van der Waals surface area contributed by atoms with E-state index in [2.05, 4.69) is 10.3 Å². The van der Waals surface area contributed by atoms with Crippen LogP contribution in [0.15, 0.2) is 5.51 Å². The number of nitrogens with one attached hydrogen (secondary N) is 1. The second-order valence-corrected chi connectivity index (χ2v) is 5.14. The fourth-order valence-electron chi connectivity index (χ4n) is 2.07. The molecule has 2 rings (SSSR count). The summed E-state index contributed by atoms with van der Waals surface area (Å²) in [7, 11) is 0. The van der Waals surface area contributed by atoms with Crippen LogP contribution < -0.4 is 5.32 Å². The molecule has 2 N–H and O–H groups in total. The molecule has 1 heterocycles. The minimum absolute atomic E-state index is 0.160. The number of thiazole rings is 1. The topological polar surface area (TPSA) is 45.2 Å². The van der Waals surface area contributed by atoms with Gasteiger partial charge < -0.3 is 10.4 Å². The van der Waals surface area contributed by atoms with E-state index in [1.807, 2.05) is 12.4 Å². The van der Waals surface area contributed by atoms with Crippen molar-refractivity contribution in [3.05, 3.63) is 16.1 Å². The summed E-state index contributed by atoms with van der Waals surface area (Å²) in [5.74, 6) is 0. The standard InChI is InChI=1S/C11H18N2OS/c1-8-11(15-7-13-8)6-12-9-4-2-3-5-10(9)14/h7,9-10,12,14H,2-6H2,1H3/t9-,10-/m1/s1. The molecule has 0 amide bonds. The Morgan fingerprint density at radius 3 is 3.00 bits per heavy atom. The van der Waals surface area contributed by atoms with Crippen molar-refractivity contribution >= 4 is 11.3 Å². The lowest BCUT2D eigenvalue weighted by Crippen LogP contribution is -2.41. The zero-order chi connectivity index (χ0) is 10.7. The zero-order valence-corrected chi connectivity index (χ0v) is 9.89. The lowest BCUT2D eigenvalue weighted by molar-refractivity contribution is 0.0903. The number of rotatable bonds is 3. The maximum absolute atomic E-state index is 9.79.